The summed E-state index contributed by atoms with van der Waals surface area (Å²) in [5, 5.41) is 12.1. The van der Waals surface area contributed by atoms with Crippen LogP contribution in [-0.4, -0.2) is 40.4 Å². The van der Waals surface area contributed by atoms with Crippen LogP contribution in [0.1, 0.15) is 60.9 Å². The molecule has 0 aliphatic carbocycles. The Morgan fingerprint density at radius 1 is 0.923 bits per heavy atom. The molecule has 1 aromatic heterocycles. The average Bonchev–Trinajstić information content (AvgIpc) is 3.65. The molecule has 1 N–H and O–H groups in total. The molecular weight excluding hydrogens is 514 g/mol. The van der Waals surface area contributed by atoms with Crippen LogP contribution < -0.4 is 15.1 Å². The van der Waals surface area contributed by atoms with Gasteiger partial charge < -0.3 is 4.90 Å². The Labute approximate surface area is 228 Å². The second-order valence-corrected chi connectivity index (χ2v) is 10.3. The molecule has 1 fully saturated rings. The van der Waals surface area contributed by atoms with E-state index in [1.807, 2.05) is 24.3 Å². The Morgan fingerprint density at radius 2 is 1.59 bits per heavy atom. The van der Waals surface area contributed by atoms with Crippen molar-refractivity contribution < 1.29 is 19.2 Å². The lowest BCUT2D eigenvalue weighted by Gasteiger charge is -2.19. The summed E-state index contributed by atoms with van der Waals surface area (Å²) in [4.78, 5) is 54.0. The monoisotopic (exact) mass is 537 g/mol. The van der Waals surface area contributed by atoms with Crippen LogP contribution in [0.5, 0.6) is 0 Å². The number of hydrogen-bond acceptors (Lipinski definition) is 7. The molecule has 3 heterocycles. The van der Waals surface area contributed by atoms with Gasteiger partial charge in [0.05, 0.1) is 16.8 Å². The van der Waals surface area contributed by atoms with Crippen molar-refractivity contribution in [1.82, 2.24) is 10.2 Å². The zero-order valence-corrected chi connectivity index (χ0v) is 21.8. The topological polar surface area (TPSA) is 113 Å². The molecule has 10 heteroatoms. The van der Waals surface area contributed by atoms with E-state index in [2.05, 4.69) is 22.4 Å². The van der Waals surface area contributed by atoms with E-state index >= 15 is 0 Å². The third-order valence-corrected chi connectivity index (χ3v) is 7.98. The van der Waals surface area contributed by atoms with Crippen molar-refractivity contribution in [3.8, 4) is 0 Å². The second kappa shape index (κ2) is 9.88. The van der Waals surface area contributed by atoms with E-state index in [0.717, 1.165) is 22.6 Å². The molecular formula is C29H23N5O4S. The quantitative estimate of drug-likeness (QED) is 0.358. The molecule has 194 valence electrons. The van der Waals surface area contributed by atoms with Crippen LogP contribution >= 0.6 is 11.3 Å². The van der Waals surface area contributed by atoms with E-state index < -0.39 is 17.7 Å². The third-order valence-electron chi connectivity index (χ3n) is 6.98. The van der Waals surface area contributed by atoms with Crippen LogP contribution in [0.2, 0.25) is 0 Å². The summed E-state index contributed by atoms with van der Waals surface area (Å²) in [6.45, 7) is 2.58. The lowest BCUT2D eigenvalue weighted by Crippen LogP contribution is -2.29. The highest BCUT2D eigenvalue weighted by Crippen LogP contribution is 2.36. The summed E-state index contributed by atoms with van der Waals surface area (Å²) >= 11 is 1.25. The number of aryl methyl sites for hydroxylation is 1. The summed E-state index contributed by atoms with van der Waals surface area (Å²) in [5.74, 6) is -1.25. The van der Waals surface area contributed by atoms with Gasteiger partial charge in [0, 0.05) is 30.1 Å². The number of aromatic nitrogens is 2. The summed E-state index contributed by atoms with van der Waals surface area (Å²) in [6.07, 6.45) is 1.17. The number of fused-ring (bicyclic) bond motifs is 1. The maximum Gasteiger partial charge on any atom is 0.266 e. The number of benzene rings is 3. The van der Waals surface area contributed by atoms with E-state index in [4.69, 9.17) is 0 Å². The standard InChI is InChI=1S/C29H23N5O4S/c1-2-17-7-3-6-10-23(17)33-16-19(15-24(33)35)26-31-32-29(39-26)30-25(36)18-11-13-20(14-12-18)34-27(37)21-8-4-5-9-22(21)28(34)38/h3-14,19H,2,15-16H2,1H3,(H,30,32,36). The summed E-state index contributed by atoms with van der Waals surface area (Å²) in [5.41, 5.74) is 3.48. The second-order valence-electron chi connectivity index (χ2n) is 9.33. The number of nitrogens with one attached hydrogen (secondary N) is 1. The van der Waals surface area contributed by atoms with Gasteiger partial charge in [0.15, 0.2) is 0 Å². The van der Waals surface area contributed by atoms with Crippen LogP contribution in [-0.2, 0) is 11.2 Å². The van der Waals surface area contributed by atoms with Gasteiger partial charge in [-0.3, -0.25) is 24.5 Å². The normalized spacial score (nSPS) is 16.6. The van der Waals surface area contributed by atoms with Crippen molar-refractivity contribution in [2.45, 2.75) is 25.7 Å². The fraction of sp³-hybridized carbons (Fsp3) is 0.172. The number of carbonyl (C=O) groups excluding carboxylic acids is 4. The van der Waals surface area contributed by atoms with Crippen LogP contribution in [0.3, 0.4) is 0 Å². The first-order chi connectivity index (χ1) is 18.9. The van der Waals surface area contributed by atoms with Crippen molar-refractivity contribution in [2.24, 2.45) is 0 Å². The largest absolute Gasteiger partial charge is 0.311 e. The highest BCUT2D eigenvalue weighted by molar-refractivity contribution is 7.15. The SMILES string of the molecule is CCc1ccccc1N1CC(c2nnc(NC(=O)c3ccc(N4C(=O)c5ccccc5C4=O)cc3)s2)CC1=O. The maximum atomic E-state index is 12.9. The van der Waals surface area contributed by atoms with Gasteiger partial charge in [-0.15, -0.1) is 10.2 Å². The van der Waals surface area contributed by atoms with Crippen molar-refractivity contribution in [2.75, 3.05) is 21.7 Å². The predicted molar refractivity (Wildman–Crippen MR) is 147 cm³/mol. The predicted octanol–water partition coefficient (Wildman–Crippen LogP) is 4.67. The minimum atomic E-state index is -0.396. The van der Waals surface area contributed by atoms with E-state index in [1.54, 1.807) is 53.4 Å². The van der Waals surface area contributed by atoms with E-state index in [9.17, 15) is 19.2 Å². The Balaban J connectivity index is 1.12. The zero-order chi connectivity index (χ0) is 27.1. The molecule has 1 unspecified atom stereocenters. The highest BCUT2D eigenvalue weighted by Gasteiger charge is 2.37. The number of amides is 4. The van der Waals surface area contributed by atoms with Gasteiger partial charge in [0.25, 0.3) is 17.7 Å². The summed E-state index contributed by atoms with van der Waals surface area (Å²) in [6, 6.07) is 20.8. The van der Waals surface area contributed by atoms with E-state index in [-0.39, 0.29) is 11.8 Å². The Morgan fingerprint density at radius 3 is 2.28 bits per heavy atom. The molecule has 1 atom stereocenters. The van der Waals surface area contributed by atoms with Crippen molar-refractivity contribution in [3.05, 3.63) is 100 Å². The van der Waals surface area contributed by atoms with Gasteiger partial charge in [0.1, 0.15) is 5.01 Å². The molecule has 0 bridgehead atoms. The van der Waals surface area contributed by atoms with E-state index in [0.29, 0.717) is 45.5 Å². The van der Waals surface area contributed by atoms with Crippen LogP contribution in [0.4, 0.5) is 16.5 Å². The first kappa shape index (κ1) is 24.6. The average molecular weight is 538 g/mol. The molecule has 4 amide bonds. The van der Waals surface area contributed by atoms with Gasteiger partial charge in [-0.25, -0.2) is 4.90 Å². The zero-order valence-electron chi connectivity index (χ0n) is 21.0. The van der Waals surface area contributed by atoms with Crippen LogP contribution in [0.15, 0.2) is 72.8 Å². The minimum absolute atomic E-state index is 0.0415. The lowest BCUT2D eigenvalue weighted by molar-refractivity contribution is -0.117. The Bertz CT molecular complexity index is 1600. The third kappa shape index (κ3) is 4.38. The van der Waals surface area contributed by atoms with Crippen molar-refractivity contribution in [3.63, 3.8) is 0 Å². The van der Waals surface area contributed by atoms with Crippen LogP contribution in [0, 0.1) is 0 Å². The minimum Gasteiger partial charge on any atom is -0.311 e. The number of hydrogen-bond donors (Lipinski definition) is 1. The number of anilines is 3. The molecule has 2 aliphatic rings. The molecule has 9 nitrogen and oxygen atoms in total. The molecule has 1 saturated heterocycles. The lowest BCUT2D eigenvalue weighted by atomic mass is 10.1. The molecule has 4 aromatic rings. The molecule has 39 heavy (non-hydrogen) atoms. The summed E-state index contributed by atoms with van der Waals surface area (Å²) < 4.78 is 0. The van der Waals surface area contributed by atoms with Crippen LogP contribution in [0.25, 0.3) is 0 Å². The maximum absolute atomic E-state index is 12.9. The molecule has 6 rings (SSSR count). The molecule has 0 spiro atoms. The van der Waals surface area contributed by atoms with Gasteiger partial charge in [0.2, 0.25) is 11.0 Å². The van der Waals surface area contributed by atoms with Gasteiger partial charge >= 0.3 is 0 Å². The Kier molecular flexibility index (Phi) is 6.24. The highest BCUT2D eigenvalue weighted by atomic mass is 32.1. The molecule has 0 radical (unpaired) electrons. The first-order valence-electron chi connectivity index (χ1n) is 12.6. The van der Waals surface area contributed by atoms with Crippen molar-refractivity contribution in [1.29, 1.82) is 0 Å². The number of rotatable bonds is 6. The number of carbonyl (C=O) groups is 4. The Hall–Kier alpha value is -4.70. The number of para-hydroxylation sites is 1. The molecule has 0 saturated carbocycles. The van der Waals surface area contributed by atoms with Gasteiger partial charge in [-0.1, -0.05) is 48.6 Å². The smallest absolute Gasteiger partial charge is 0.266 e. The van der Waals surface area contributed by atoms with Crippen molar-refractivity contribution >= 4 is 51.5 Å². The number of imide groups is 1. The fourth-order valence-electron chi connectivity index (χ4n) is 4.98. The fourth-order valence-corrected chi connectivity index (χ4v) is 5.81. The first-order valence-corrected chi connectivity index (χ1v) is 13.4. The number of nitrogens with zero attached hydrogens (tertiary/aromatic N) is 4. The molecule has 2 aliphatic heterocycles. The van der Waals surface area contributed by atoms with Gasteiger partial charge in [-0.2, -0.15) is 0 Å². The van der Waals surface area contributed by atoms with E-state index in [1.165, 1.54) is 11.3 Å². The summed E-state index contributed by atoms with van der Waals surface area (Å²) in [7, 11) is 0. The molecule has 3 aromatic carbocycles. The van der Waals surface area contributed by atoms with Gasteiger partial charge in [-0.05, 0) is 54.4 Å².